The van der Waals surface area contributed by atoms with E-state index in [0.717, 1.165) is 11.4 Å². The van der Waals surface area contributed by atoms with Gasteiger partial charge >= 0.3 is 0 Å². The van der Waals surface area contributed by atoms with Crippen LogP contribution >= 0.6 is 0 Å². The van der Waals surface area contributed by atoms with Gasteiger partial charge in [0.2, 0.25) is 0 Å². The predicted octanol–water partition coefficient (Wildman–Crippen LogP) is 1.19. The Kier molecular flexibility index (Phi) is 3.13. The molecule has 6 nitrogen and oxygen atoms in total. The third-order valence-corrected chi connectivity index (χ3v) is 2.01. The maximum Gasteiger partial charge on any atom is 0.270 e. The molecular weight excluding hydrogens is 216 g/mol. The van der Waals surface area contributed by atoms with E-state index in [1.807, 2.05) is 38.1 Å². The molecule has 88 valence electrons. The van der Waals surface area contributed by atoms with Crippen LogP contribution in [0.4, 0.5) is 5.95 Å². The molecule has 0 unspecified atom stereocenters. The minimum absolute atomic E-state index is 0.418. The lowest BCUT2D eigenvalue weighted by Crippen LogP contribution is -2.07. The zero-order valence-electron chi connectivity index (χ0n) is 10.1. The molecule has 0 atom stereocenters. The van der Waals surface area contributed by atoms with Crippen LogP contribution in [0.1, 0.15) is 5.56 Å². The van der Waals surface area contributed by atoms with Gasteiger partial charge in [0.15, 0.2) is 5.82 Å². The van der Waals surface area contributed by atoms with Crippen LogP contribution in [0.15, 0.2) is 29.6 Å². The lowest BCUT2D eigenvalue weighted by atomic mass is 10.3. The minimum atomic E-state index is 0.418. The third-order valence-electron chi connectivity index (χ3n) is 2.01. The summed E-state index contributed by atoms with van der Waals surface area (Å²) in [5.41, 5.74) is 1.11. The van der Waals surface area contributed by atoms with Gasteiger partial charge in [-0.15, -0.1) is 5.10 Å². The molecule has 2 heterocycles. The zero-order chi connectivity index (χ0) is 12.3. The fourth-order valence-corrected chi connectivity index (χ4v) is 1.19. The molecule has 2 aromatic heterocycles. The normalized spacial score (nSPS) is 11.0. The molecule has 0 aliphatic rings. The molecule has 0 aliphatic heterocycles. The van der Waals surface area contributed by atoms with E-state index in [1.54, 1.807) is 23.5 Å². The van der Waals surface area contributed by atoms with Gasteiger partial charge in [0.05, 0.1) is 6.34 Å². The van der Waals surface area contributed by atoms with Crippen molar-refractivity contribution in [2.75, 3.05) is 14.1 Å². The van der Waals surface area contributed by atoms with Crippen molar-refractivity contribution in [1.29, 1.82) is 0 Å². The maximum atomic E-state index is 4.26. The molecule has 0 spiro atoms. The number of rotatable bonds is 3. The summed E-state index contributed by atoms with van der Waals surface area (Å²) in [5, 5.41) is 4.20. The summed E-state index contributed by atoms with van der Waals surface area (Å²) in [7, 11) is 3.78. The van der Waals surface area contributed by atoms with Crippen LogP contribution in [0.3, 0.4) is 0 Å². The molecule has 0 aromatic carbocycles. The Morgan fingerprint density at radius 2 is 2.12 bits per heavy atom. The van der Waals surface area contributed by atoms with E-state index in [1.165, 1.54) is 0 Å². The van der Waals surface area contributed by atoms with E-state index in [0.29, 0.717) is 5.95 Å². The standard InChI is InChI=1S/C11H14N6/c1-9-4-5-10(12-6-9)17-8-14-11(15-17)13-7-16(2)3/h4-8H,1-3H3/b13-7+. The molecule has 0 saturated heterocycles. The average Bonchev–Trinajstić information content (AvgIpc) is 2.76. The van der Waals surface area contributed by atoms with Gasteiger partial charge in [0.25, 0.3) is 5.95 Å². The van der Waals surface area contributed by atoms with E-state index in [-0.39, 0.29) is 0 Å². The van der Waals surface area contributed by atoms with Gasteiger partial charge in [-0.1, -0.05) is 6.07 Å². The Bertz CT molecular complexity index is 511. The van der Waals surface area contributed by atoms with Crippen molar-refractivity contribution in [3.8, 4) is 5.82 Å². The van der Waals surface area contributed by atoms with Crippen LogP contribution in [0.5, 0.6) is 0 Å². The molecule has 0 radical (unpaired) electrons. The molecular formula is C11H14N6. The number of aromatic nitrogens is 4. The first-order chi connectivity index (χ1) is 8.15. The SMILES string of the molecule is Cc1ccc(-n2cnc(/N=C/N(C)C)n2)nc1. The third kappa shape index (κ3) is 2.87. The smallest absolute Gasteiger partial charge is 0.270 e. The molecule has 17 heavy (non-hydrogen) atoms. The fourth-order valence-electron chi connectivity index (χ4n) is 1.19. The largest absolute Gasteiger partial charge is 0.369 e. The number of aryl methyl sites for hydroxylation is 1. The van der Waals surface area contributed by atoms with Crippen LogP contribution in [0.2, 0.25) is 0 Å². The summed E-state index contributed by atoms with van der Waals surface area (Å²) in [6.07, 6.45) is 5.04. The van der Waals surface area contributed by atoms with E-state index in [2.05, 4.69) is 20.1 Å². The van der Waals surface area contributed by atoms with Gasteiger partial charge in [-0.05, 0) is 18.6 Å². The summed E-state index contributed by atoms with van der Waals surface area (Å²) in [5.74, 6) is 1.15. The van der Waals surface area contributed by atoms with E-state index in [9.17, 15) is 0 Å². The molecule has 0 amide bonds. The van der Waals surface area contributed by atoms with Crippen LogP contribution in [0.25, 0.3) is 5.82 Å². The number of hydrogen-bond donors (Lipinski definition) is 0. The molecule has 0 bridgehead atoms. The monoisotopic (exact) mass is 230 g/mol. The number of hydrogen-bond acceptors (Lipinski definition) is 4. The Morgan fingerprint density at radius 3 is 2.76 bits per heavy atom. The Morgan fingerprint density at radius 1 is 1.29 bits per heavy atom. The van der Waals surface area contributed by atoms with Gasteiger partial charge in [-0.3, -0.25) is 0 Å². The number of nitrogens with zero attached hydrogens (tertiary/aromatic N) is 6. The molecule has 0 saturated carbocycles. The van der Waals surface area contributed by atoms with Crippen LogP contribution in [-0.2, 0) is 0 Å². The second kappa shape index (κ2) is 4.73. The first-order valence-corrected chi connectivity index (χ1v) is 5.20. The van der Waals surface area contributed by atoms with Gasteiger partial charge in [0, 0.05) is 20.3 Å². The average molecular weight is 230 g/mol. The Hall–Kier alpha value is -2.24. The van der Waals surface area contributed by atoms with Crippen LogP contribution < -0.4 is 0 Å². The lowest BCUT2D eigenvalue weighted by Gasteiger charge is -2.00. The first-order valence-electron chi connectivity index (χ1n) is 5.20. The zero-order valence-corrected chi connectivity index (χ0v) is 10.1. The van der Waals surface area contributed by atoms with Crippen molar-refractivity contribution in [2.24, 2.45) is 4.99 Å². The van der Waals surface area contributed by atoms with E-state index >= 15 is 0 Å². The number of aliphatic imine (C=N–C) groups is 1. The molecule has 0 aliphatic carbocycles. The van der Waals surface area contributed by atoms with E-state index < -0.39 is 0 Å². The molecule has 2 aromatic rings. The van der Waals surface area contributed by atoms with Gasteiger partial charge in [-0.2, -0.15) is 4.98 Å². The van der Waals surface area contributed by atoms with Crippen molar-refractivity contribution in [2.45, 2.75) is 6.92 Å². The van der Waals surface area contributed by atoms with E-state index in [4.69, 9.17) is 0 Å². The topological polar surface area (TPSA) is 59.2 Å². The van der Waals surface area contributed by atoms with Crippen molar-refractivity contribution in [1.82, 2.24) is 24.6 Å². The van der Waals surface area contributed by atoms with Crippen LogP contribution in [0, 0.1) is 6.92 Å². The Labute approximate surface area is 99.6 Å². The van der Waals surface area contributed by atoms with Gasteiger partial charge < -0.3 is 4.90 Å². The first kappa shape index (κ1) is 11.3. The summed E-state index contributed by atoms with van der Waals surface area (Å²) in [6, 6.07) is 3.87. The van der Waals surface area contributed by atoms with Gasteiger partial charge in [-0.25, -0.2) is 14.7 Å². The quantitative estimate of drug-likeness (QED) is 0.587. The highest BCUT2D eigenvalue weighted by Gasteiger charge is 2.01. The lowest BCUT2D eigenvalue weighted by molar-refractivity contribution is 0.642. The van der Waals surface area contributed by atoms with Crippen molar-refractivity contribution >= 4 is 12.3 Å². The minimum Gasteiger partial charge on any atom is -0.369 e. The molecule has 6 heteroatoms. The van der Waals surface area contributed by atoms with Crippen LogP contribution in [-0.4, -0.2) is 45.1 Å². The highest BCUT2D eigenvalue weighted by Crippen LogP contribution is 2.07. The predicted molar refractivity (Wildman–Crippen MR) is 65.7 cm³/mol. The number of pyridine rings is 1. The van der Waals surface area contributed by atoms with Crippen molar-refractivity contribution < 1.29 is 0 Å². The summed E-state index contributed by atoms with van der Waals surface area (Å²) in [6.45, 7) is 1.99. The maximum absolute atomic E-state index is 4.26. The summed E-state index contributed by atoms with van der Waals surface area (Å²) < 4.78 is 1.60. The molecule has 0 fully saturated rings. The Balaban J connectivity index is 2.21. The fraction of sp³-hybridized carbons (Fsp3) is 0.273. The molecule has 2 rings (SSSR count). The summed E-state index contributed by atoms with van der Waals surface area (Å²) >= 11 is 0. The molecule has 0 N–H and O–H groups in total. The highest BCUT2D eigenvalue weighted by molar-refractivity contribution is 5.57. The second-order valence-electron chi connectivity index (χ2n) is 3.89. The second-order valence-corrected chi connectivity index (χ2v) is 3.89. The van der Waals surface area contributed by atoms with Gasteiger partial charge in [0.1, 0.15) is 6.33 Å². The highest BCUT2D eigenvalue weighted by atomic mass is 15.4. The van der Waals surface area contributed by atoms with Crippen molar-refractivity contribution in [3.63, 3.8) is 0 Å². The summed E-state index contributed by atoms with van der Waals surface area (Å²) in [4.78, 5) is 14.3. The van der Waals surface area contributed by atoms with Crippen molar-refractivity contribution in [3.05, 3.63) is 30.2 Å².